The molecule has 0 fully saturated rings. The molecule has 0 saturated heterocycles. The number of rotatable bonds is 3. The van der Waals surface area contributed by atoms with Gasteiger partial charge in [0.05, 0.1) is 0 Å². The Bertz CT molecular complexity index is 806. The molecule has 0 unspecified atom stereocenters. The van der Waals surface area contributed by atoms with Crippen LogP contribution >= 0.6 is 0 Å². The van der Waals surface area contributed by atoms with Crippen LogP contribution in [0.3, 0.4) is 0 Å². The maximum absolute atomic E-state index is 12.5. The van der Waals surface area contributed by atoms with Crippen molar-refractivity contribution < 1.29 is 19.3 Å². The van der Waals surface area contributed by atoms with Crippen LogP contribution < -0.4 is 4.74 Å². The summed E-state index contributed by atoms with van der Waals surface area (Å²) in [7, 11) is 2.11. The first-order chi connectivity index (χ1) is 11.6. The van der Waals surface area contributed by atoms with Crippen LogP contribution in [0.15, 0.2) is 24.3 Å². The predicted molar refractivity (Wildman–Crippen MR) is 89.5 cm³/mol. The molecule has 4 nitrogen and oxygen atoms in total. The van der Waals surface area contributed by atoms with E-state index in [0.717, 1.165) is 30.5 Å². The Labute approximate surface area is 140 Å². The van der Waals surface area contributed by atoms with Gasteiger partial charge in [-0.1, -0.05) is 6.07 Å². The van der Waals surface area contributed by atoms with Gasteiger partial charge in [-0.2, -0.15) is 0 Å². The predicted octanol–water partition coefficient (Wildman–Crippen LogP) is 3.20. The van der Waals surface area contributed by atoms with E-state index in [1.54, 1.807) is 0 Å². The Morgan fingerprint density at radius 3 is 2.88 bits per heavy atom. The quantitative estimate of drug-likeness (QED) is 0.849. The van der Waals surface area contributed by atoms with Gasteiger partial charge >= 0.3 is 0 Å². The Hall–Kier alpha value is -2.27. The third kappa shape index (κ3) is 2.23. The zero-order valence-electron chi connectivity index (χ0n) is 13.6. The highest BCUT2D eigenvalue weighted by molar-refractivity contribution is 5.83. The van der Waals surface area contributed by atoms with Crippen molar-refractivity contribution >= 4 is 0 Å². The molecule has 1 aliphatic heterocycles. The first kappa shape index (κ1) is 15.3. The van der Waals surface area contributed by atoms with Crippen LogP contribution in [-0.4, -0.2) is 42.0 Å². The summed E-state index contributed by atoms with van der Waals surface area (Å²) in [5.74, 6) is 0.393. The minimum atomic E-state index is -0.541. The van der Waals surface area contributed by atoms with Crippen molar-refractivity contribution in [3.8, 4) is 28.4 Å². The van der Waals surface area contributed by atoms with Gasteiger partial charge in [0.1, 0.15) is 19.0 Å². The van der Waals surface area contributed by atoms with Crippen LogP contribution in [0.5, 0.6) is 17.2 Å². The van der Waals surface area contributed by atoms with Gasteiger partial charge in [-0.25, -0.2) is 4.39 Å². The number of hydrogen-bond donors (Lipinski definition) is 2. The standard InChI is InChI=1S/C19H20FNO3/c1-21-6-4-12-8-13(24-7-5-20)10-14-17(12)15(21)9-11-2-3-16(22)19(23)18(11)14/h2-3,8,10,15,22-23H,4-7,9H2,1H3/t15-/m1/s1. The lowest BCUT2D eigenvalue weighted by Gasteiger charge is -2.40. The number of aromatic hydroxyl groups is 2. The molecule has 0 saturated carbocycles. The van der Waals surface area contributed by atoms with Gasteiger partial charge in [0.25, 0.3) is 0 Å². The summed E-state index contributed by atoms with van der Waals surface area (Å²) in [6, 6.07) is 7.49. The average Bonchev–Trinajstić information content (AvgIpc) is 2.59. The number of ether oxygens (including phenoxy) is 1. The van der Waals surface area contributed by atoms with E-state index >= 15 is 0 Å². The second-order valence-electron chi connectivity index (χ2n) is 6.50. The summed E-state index contributed by atoms with van der Waals surface area (Å²) in [6.07, 6.45) is 1.68. The number of fused-ring (bicyclic) bond motifs is 2. The number of phenols is 2. The number of nitrogens with zero attached hydrogens (tertiary/aromatic N) is 1. The summed E-state index contributed by atoms with van der Waals surface area (Å²) in [5.41, 5.74) is 4.92. The van der Waals surface area contributed by atoms with Crippen molar-refractivity contribution in [2.45, 2.75) is 18.9 Å². The number of benzene rings is 2. The zero-order valence-corrected chi connectivity index (χ0v) is 13.6. The van der Waals surface area contributed by atoms with Gasteiger partial charge in [-0.15, -0.1) is 0 Å². The van der Waals surface area contributed by atoms with Crippen LogP contribution in [-0.2, 0) is 12.8 Å². The second-order valence-corrected chi connectivity index (χ2v) is 6.50. The minimum Gasteiger partial charge on any atom is -0.504 e. The summed E-state index contributed by atoms with van der Waals surface area (Å²) in [6.45, 7) is 0.421. The first-order valence-electron chi connectivity index (χ1n) is 8.20. The van der Waals surface area contributed by atoms with E-state index in [1.165, 1.54) is 17.2 Å². The van der Waals surface area contributed by atoms with Gasteiger partial charge < -0.3 is 14.9 Å². The number of halogens is 1. The van der Waals surface area contributed by atoms with Crippen LogP contribution in [0.25, 0.3) is 11.1 Å². The molecule has 1 aliphatic carbocycles. The molecule has 1 heterocycles. The van der Waals surface area contributed by atoms with Crippen molar-refractivity contribution in [2.75, 3.05) is 26.9 Å². The zero-order chi connectivity index (χ0) is 16.8. The fraction of sp³-hybridized carbons (Fsp3) is 0.368. The lowest BCUT2D eigenvalue weighted by atomic mass is 9.76. The average molecular weight is 329 g/mol. The summed E-state index contributed by atoms with van der Waals surface area (Å²) < 4.78 is 18.0. The second kappa shape index (κ2) is 5.67. The van der Waals surface area contributed by atoms with Crippen LogP contribution in [0, 0.1) is 0 Å². The SMILES string of the molecule is CN1CCc2cc(OCCF)cc3c2[C@H]1Cc1ccc(O)c(O)c1-3. The maximum Gasteiger partial charge on any atom is 0.165 e. The molecule has 1 atom stereocenters. The molecular weight excluding hydrogens is 309 g/mol. The van der Waals surface area contributed by atoms with Gasteiger partial charge in [-0.3, -0.25) is 4.90 Å². The highest BCUT2D eigenvalue weighted by Gasteiger charge is 2.35. The maximum atomic E-state index is 12.5. The molecule has 0 spiro atoms. The smallest absolute Gasteiger partial charge is 0.165 e. The largest absolute Gasteiger partial charge is 0.504 e. The van der Waals surface area contributed by atoms with Gasteiger partial charge in [-0.05, 0) is 60.3 Å². The van der Waals surface area contributed by atoms with Crippen molar-refractivity contribution in [3.63, 3.8) is 0 Å². The van der Waals surface area contributed by atoms with Gasteiger partial charge in [0.2, 0.25) is 0 Å². The molecule has 2 N–H and O–H groups in total. The Kier molecular flexibility index (Phi) is 3.61. The molecule has 0 amide bonds. The Balaban J connectivity index is 1.95. The van der Waals surface area contributed by atoms with Crippen molar-refractivity contribution in [3.05, 3.63) is 41.0 Å². The molecule has 2 aromatic rings. The van der Waals surface area contributed by atoms with E-state index in [-0.39, 0.29) is 24.1 Å². The summed E-state index contributed by atoms with van der Waals surface area (Å²) >= 11 is 0. The lowest BCUT2D eigenvalue weighted by Crippen LogP contribution is -2.35. The summed E-state index contributed by atoms with van der Waals surface area (Å²) in [4.78, 5) is 2.32. The van der Waals surface area contributed by atoms with Crippen LogP contribution in [0.4, 0.5) is 4.39 Å². The van der Waals surface area contributed by atoms with Gasteiger partial charge in [0, 0.05) is 18.2 Å². The molecule has 4 rings (SSSR count). The minimum absolute atomic E-state index is 0.0143. The molecule has 5 heteroatoms. The highest BCUT2D eigenvalue weighted by atomic mass is 19.1. The monoisotopic (exact) mass is 329 g/mol. The van der Waals surface area contributed by atoms with Gasteiger partial charge in [0.15, 0.2) is 11.5 Å². The Morgan fingerprint density at radius 1 is 1.25 bits per heavy atom. The Morgan fingerprint density at radius 2 is 2.08 bits per heavy atom. The molecule has 2 aromatic carbocycles. The van der Waals surface area contributed by atoms with Crippen molar-refractivity contribution in [1.82, 2.24) is 4.90 Å². The first-order valence-corrected chi connectivity index (χ1v) is 8.20. The van der Waals surface area contributed by atoms with E-state index in [1.807, 2.05) is 18.2 Å². The van der Waals surface area contributed by atoms with E-state index in [0.29, 0.717) is 11.3 Å². The third-order valence-corrected chi connectivity index (χ3v) is 5.11. The topological polar surface area (TPSA) is 52.9 Å². The van der Waals surface area contributed by atoms with E-state index in [9.17, 15) is 14.6 Å². The van der Waals surface area contributed by atoms with Crippen molar-refractivity contribution in [2.24, 2.45) is 0 Å². The van der Waals surface area contributed by atoms with Crippen LogP contribution in [0.2, 0.25) is 0 Å². The lowest BCUT2D eigenvalue weighted by molar-refractivity contribution is 0.226. The fourth-order valence-corrected chi connectivity index (χ4v) is 3.96. The van der Waals surface area contributed by atoms with Crippen LogP contribution in [0.1, 0.15) is 22.7 Å². The number of alkyl halides is 1. The highest BCUT2D eigenvalue weighted by Crippen LogP contribution is 2.51. The number of likely N-dealkylation sites (N-methyl/N-ethyl adjacent to an activating group) is 1. The normalized spacial score (nSPS) is 18.8. The molecule has 0 aromatic heterocycles. The van der Waals surface area contributed by atoms with E-state index < -0.39 is 6.67 Å². The molecule has 24 heavy (non-hydrogen) atoms. The summed E-state index contributed by atoms with van der Waals surface area (Å²) in [5, 5.41) is 20.4. The van der Waals surface area contributed by atoms with E-state index in [2.05, 4.69) is 11.9 Å². The third-order valence-electron chi connectivity index (χ3n) is 5.11. The molecule has 0 bridgehead atoms. The van der Waals surface area contributed by atoms with E-state index in [4.69, 9.17) is 4.74 Å². The van der Waals surface area contributed by atoms with Crippen molar-refractivity contribution in [1.29, 1.82) is 0 Å². The number of hydrogen-bond acceptors (Lipinski definition) is 4. The molecule has 2 aliphatic rings. The molecule has 126 valence electrons. The molecule has 0 radical (unpaired) electrons. The molecular formula is C19H20FNO3. The number of phenolic OH excluding ortho intramolecular Hbond substituents is 2. The fourth-order valence-electron chi connectivity index (χ4n) is 3.96.